The van der Waals surface area contributed by atoms with Crippen molar-refractivity contribution in [1.82, 2.24) is 5.32 Å². The highest BCUT2D eigenvalue weighted by Crippen LogP contribution is 2.18. The Balaban J connectivity index is 2.07. The van der Waals surface area contributed by atoms with Crippen LogP contribution in [0.2, 0.25) is 0 Å². The van der Waals surface area contributed by atoms with Crippen molar-refractivity contribution < 1.29 is 14.3 Å². The first-order valence-corrected chi connectivity index (χ1v) is 7.40. The quantitative estimate of drug-likeness (QED) is 0.892. The third-order valence-electron chi connectivity index (χ3n) is 3.67. The smallest absolute Gasteiger partial charge is 0.251 e. The van der Waals surface area contributed by atoms with Crippen molar-refractivity contribution in [3.63, 3.8) is 0 Å². The fourth-order valence-corrected chi connectivity index (χ4v) is 2.24. The minimum Gasteiger partial charge on any atom is -0.386 e. The van der Waals surface area contributed by atoms with E-state index >= 15 is 0 Å². The van der Waals surface area contributed by atoms with E-state index in [-0.39, 0.29) is 11.7 Å². The first-order valence-electron chi connectivity index (χ1n) is 7.40. The van der Waals surface area contributed by atoms with Gasteiger partial charge in [-0.25, -0.2) is 4.39 Å². The van der Waals surface area contributed by atoms with E-state index in [1.807, 2.05) is 31.1 Å². The van der Waals surface area contributed by atoms with Gasteiger partial charge < -0.3 is 15.3 Å². The second kappa shape index (κ2) is 7.24. The third-order valence-corrected chi connectivity index (χ3v) is 3.67. The number of benzene rings is 2. The number of nitrogens with one attached hydrogen (secondary N) is 1. The lowest BCUT2D eigenvalue weighted by molar-refractivity contribution is 0.0852. The molecule has 5 heteroatoms. The number of hydrogen-bond acceptors (Lipinski definition) is 3. The molecule has 0 heterocycles. The van der Waals surface area contributed by atoms with E-state index in [4.69, 9.17) is 0 Å². The summed E-state index contributed by atoms with van der Waals surface area (Å²) in [6.07, 6.45) is -0.906. The lowest BCUT2D eigenvalue weighted by Gasteiger charge is -2.21. The SMILES string of the molecule is CC(NC(=O)c1cccc(N(C)C)c1)C(O)c1ccc(F)cc1. The molecule has 0 radical (unpaired) electrons. The summed E-state index contributed by atoms with van der Waals surface area (Å²) in [6.45, 7) is 1.71. The molecule has 0 aliphatic carbocycles. The van der Waals surface area contributed by atoms with Gasteiger partial charge in [-0.2, -0.15) is 0 Å². The van der Waals surface area contributed by atoms with Gasteiger partial charge in [0.1, 0.15) is 5.82 Å². The standard InChI is InChI=1S/C18H21FN2O2/c1-12(17(22)13-7-9-15(19)10-8-13)20-18(23)14-5-4-6-16(11-14)21(2)3/h4-12,17,22H,1-3H3,(H,20,23). The molecule has 0 saturated carbocycles. The van der Waals surface area contributed by atoms with Crippen LogP contribution < -0.4 is 10.2 Å². The zero-order valence-electron chi connectivity index (χ0n) is 13.5. The summed E-state index contributed by atoms with van der Waals surface area (Å²) in [5.74, 6) is -0.625. The van der Waals surface area contributed by atoms with Gasteiger partial charge in [0, 0.05) is 25.3 Å². The van der Waals surface area contributed by atoms with Crippen LogP contribution in [-0.4, -0.2) is 31.2 Å². The van der Waals surface area contributed by atoms with Crippen LogP contribution >= 0.6 is 0 Å². The van der Waals surface area contributed by atoms with Gasteiger partial charge in [-0.15, -0.1) is 0 Å². The number of aliphatic hydroxyl groups excluding tert-OH is 1. The number of carbonyl (C=O) groups is 1. The molecule has 2 aromatic carbocycles. The molecular weight excluding hydrogens is 295 g/mol. The Morgan fingerprint density at radius 2 is 1.83 bits per heavy atom. The van der Waals surface area contributed by atoms with E-state index in [0.29, 0.717) is 11.1 Å². The summed E-state index contributed by atoms with van der Waals surface area (Å²) >= 11 is 0. The van der Waals surface area contributed by atoms with Crippen LogP contribution in [0, 0.1) is 5.82 Å². The summed E-state index contributed by atoms with van der Waals surface area (Å²) in [4.78, 5) is 14.2. The lowest BCUT2D eigenvalue weighted by Crippen LogP contribution is -2.37. The molecule has 1 amide bonds. The topological polar surface area (TPSA) is 52.6 Å². The van der Waals surface area contributed by atoms with Gasteiger partial charge in [-0.1, -0.05) is 18.2 Å². The molecular formula is C18H21FN2O2. The summed E-state index contributed by atoms with van der Waals surface area (Å²) in [6, 6.07) is 12.3. The molecule has 2 atom stereocenters. The third kappa shape index (κ3) is 4.29. The van der Waals surface area contributed by atoms with Crippen LogP contribution in [-0.2, 0) is 0 Å². The van der Waals surface area contributed by atoms with Crippen molar-refractivity contribution in [3.8, 4) is 0 Å². The van der Waals surface area contributed by atoms with Crippen LogP contribution in [0.15, 0.2) is 48.5 Å². The van der Waals surface area contributed by atoms with E-state index in [1.54, 1.807) is 19.1 Å². The molecule has 2 unspecified atom stereocenters. The molecule has 23 heavy (non-hydrogen) atoms. The van der Waals surface area contributed by atoms with Crippen LogP contribution in [0.5, 0.6) is 0 Å². The van der Waals surface area contributed by atoms with Gasteiger partial charge in [0.15, 0.2) is 0 Å². The molecule has 122 valence electrons. The van der Waals surface area contributed by atoms with Crippen molar-refractivity contribution in [1.29, 1.82) is 0 Å². The average molecular weight is 316 g/mol. The van der Waals surface area contributed by atoms with Crippen molar-refractivity contribution in [2.24, 2.45) is 0 Å². The fraction of sp³-hybridized carbons (Fsp3) is 0.278. The zero-order valence-corrected chi connectivity index (χ0v) is 13.5. The van der Waals surface area contributed by atoms with Gasteiger partial charge in [-0.05, 0) is 42.8 Å². The van der Waals surface area contributed by atoms with Crippen molar-refractivity contribution >= 4 is 11.6 Å². The predicted molar refractivity (Wildman–Crippen MR) is 89.1 cm³/mol. The van der Waals surface area contributed by atoms with E-state index < -0.39 is 12.1 Å². The first kappa shape index (κ1) is 17.0. The molecule has 0 aliphatic rings. The molecule has 0 saturated heterocycles. The van der Waals surface area contributed by atoms with Gasteiger partial charge in [-0.3, -0.25) is 4.79 Å². The van der Waals surface area contributed by atoms with E-state index in [9.17, 15) is 14.3 Å². The summed E-state index contributed by atoms with van der Waals surface area (Å²) in [7, 11) is 3.80. The number of carbonyl (C=O) groups excluding carboxylic acids is 1. The second-order valence-corrected chi connectivity index (χ2v) is 5.70. The molecule has 2 aromatic rings. The Labute approximate surface area is 135 Å². The largest absolute Gasteiger partial charge is 0.386 e. The highest BCUT2D eigenvalue weighted by Gasteiger charge is 2.19. The molecule has 2 N–H and O–H groups in total. The zero-order chi connectivity index (χ0) is 17.0. The molecule has 0 fully saturated rings. The van der Waals surface area contributed by atoms with Crippen LogP contribution in [0.4, 0.5) is 10.1 Å². The maximum Gasteiger partial charge on any atom is 0.251 e. The van der Waals surface area contributed by atoms with E-state index in [2.05, 4.69) is 5.32 Å². The van der Waals surface area contributed by atoms with Crippen molar-refractivity contribution in [3.05, 3.63) is 65.5 Å². The Morgan fingerprint density at radius 3 is 2.43 bits per heavy atom. The normalized spacial score (nSPS) is 13.3. The fourth-order valence-electron chi connectivity index (χ4n) is 2.24. The number of anilines is 1. The maximum absolute atomic E-state index is 12.9. The van der Waals surface area contributed by atoms with E-state index in [1.165, 1.54) is 24.3 Å². The molecule has 2 rings (SSSR count). The monoisotopic (exact) mass is 316 g/mol. The number of halogens is 1. The minimum atomic E-state index is -0.906. The number of aliphatic hydroxyl groups is 1. The molecule has 0 bridgehead atoms. The lowest BCUT2D eigenvalue weighted by atomic mass is 10.0. The van der Waals surface area contributed by atoms with E-state index in [0.717, 1.165) is 5.69 Å². The van der Waals surface area contributed by atoms with Gasteiger partial charge in [0.25, 0.3) is 5.91 Å². The molecule has 0 spiro atoms. The first-order chi connectivity index (χ1) is 10.9. The van der Waals surface area contributed by atoms with Crippen LogP contribution in [0.25, 0.3) is 0 Å². The molecule has 0 aromatic heterocycles. The molecule has 0 aliphatic heterocycles. The summed E-state index contributed by atoms with van der Waals surface area (Å²) in [5.41, 5.74) is 2.00. The number of amides is 1. The van der Waals surface area contributed by atoms with Crippen LogP contribution in [0.3, 0.4) is 0 Å². The minimum absolute atomic E-state index is 0.262. The summed E-state index contributed by atoms with van der Waals surface area (Å²) < 4.78 is 12.9. The Morgan fingerprint density at radius 1 is 1.17 bits per heavy atom. The average Bonchev–Trinajstić information content (AvgIpc) is 2.54. The highest BCUT2D eigenvalue weighted by molar-refractivity contribution is 5.95. The van der Waals surface area contributed by atoms with Crippen molar-refractivity contribution in [2.45, 2.75) is 19.1 Å². The predicted octanol–water partition coefficient (Wildman–Crippen LogP) is 2.74. The number of hydrogen-bond donors (Lipinski definition) is 2. The Kier molecular flexibility index (Phi) is 5.34. The Hall–Kier alpha value is -2.40. The van der Waals surface area contributed by atoms with Gasteiger partial charge in [0.05, 0.1) is 12.1 Å². The summed E-state index contributed by atoms with van der Waals surface area (Å²) in [5, 5.41) is 13.0. The van der Waals surface area contributed by atoms with Crippen molar-refractivity contribution in [2.75, 3.05) is 19.0 Å². The number of nitrogens with zero attached hydrogens (tertiary/aromatic N) is 1. The highest BCUT2D eigenvalue weighted by atomic mass is 19.1. The van der Waals surface area contributed by atoms with Crippen LogP contribution in [0.1, 0.15) is 28.9 Å². The second-order valence-electron chi connectivity index (χ2n) is 5.70. The molecule has 4 nitrogen and oxygen atoms in total. The Bertz CT molecular complexity index is 671. The van der Waals surface area contributed by atoms with Gasteiger partial charge >= 0.3 is 0 Å². The number of rotatable bonds is 5. The maximum atomic E-state index is 12.9. The van der Waals surface area contributed by atoms with Gasteiger partial charge in [0.2, 0.25) is 0 Å².